The normalized spacial score (nSPS) is 11.3. The lowest BCUT2D eigenvalue weighted by Crippen LogP contribution is -2.41. The molecule has 0 atom stereocenters. The molecule has 0 spiro atoms. The monoisotopic (exact) mass is 257 g/mol. The second kappa shape index (κ2) is 5.75. The van der Waals surface area contributed by atoms with Gasteiger partial charge in [-0.15, -0.1) is 0 Å². The summed E-state index contributed by atoms with van der Waals surface area (Å²) in [6, 6.07) is 3.88. The Labute approximate surface area is 113 Å². The maximum atomic E-state index is 4.35. The van der Waals surface area contributed by atoms with E-state index in [-0.39, 0.29) is 5.54 Å². The summed E-state index contributed by atoms with van der Waals surface area (Å²) in [6.45, 7) is 5.04. The molecule has 0 saturated carbocycles. The number of rotatable bonds is 5. The smallest absolute Gasteiger partial charge is 0.223 e. The van der Waals surface area contributed by atoms with E-state index in [2.05, 4.69) is 39.4 Å². The van der Waals surface area contributed by atoms with Crippen LogP contribution in [0.15, 0.2) is 36.9 Å². The summed E-state index contributed by atoms with van der Waals surface area (Å²) in [5, 5.41) is 6.44. The molecule has 0 aliphatic carbocycles. The predicted octanol–water partition coefficient (Wildman–Crippen LogP) is 1.95. The molecule has 0 unspecified atom stereocenters. The highest BCUT2D eigenvalue weighted by Crippen LogP contribution is 2.17. The van der Waals surface area contributed by atoms with Gasteiger partial charge < -0.3 is 10.6 Å². The fourth-order valence-electron chi connectivity index (χ4n) is 1.87. The number of likely N-dealkylation sites (N-methyl/N-ethyl adjacent to an activating group) is 1. The molecule has 2 aromatic rings. The van der Waals surface area contributed by atoms with Crippen molar-refractivity contribution in [3.8, 4) is 11.1 Å². The van der Waals surface area contributed by atoms with Crippen LogP contribution in [0, 0.1) is 0 Å². The van der Waals surface area contributed by atoms with Gasteiger partial charge in [0.15, 0.2) is 0 Å². The maximum Gasteiger partial charge on any atom is 0.223 e. The second-order valence-electron chi connectivity index (χ2n) is 5.07. The minimum Gasteiger partial charge on any atom is -0.348 e. The van der Waals surface area contributed by atoms with Crippen molar-refractivity contribution in [3.05, 3.63) is 36.9 Å². The number of hydrogen-bond acceptors (Lipinski definition) is 5. The van der Waals surface area contributed by atoms with Gasteiger partial charge in [0.25, 0.3) is 0 Å². The van der Waals surface area contributed by atoms with Gasteiger partial charge in [0.2, 0.25) is 5.95 Å². The summed E-state index contributed by atoms with van der Waals surface area (Å²) >= 11 is 0. The first kappa shape index (κ1) is 13.4. The van der Waals surface area contributed by atoms with Crippen LogP contribution in [0.2, 0.25) is 0 Å². The fraction of sp³-hybridized carbons (Fsp3) is 0.357. The Kier molecular flexibility index (Phi) is 4.06. The Balaban J connectivity index is 2.11. The van der Waals surface area contributed by atoms with Crippen LogP contribution in [0.25, 0.3) is 11.1 Å². The van der Waals surface area contributed by atoms with Gasteiger partial charge in [-0.05, 0) is 38.6 Å². The molecule has 100 valence electrons. The number of anilines is 1. The average molecular weight is 257 g/mol. The molecular weight excluding hydrogens is 238 g/mol. The summed E-state index contributed by atoms with van der Waals surface area (Å²) in [4.78, 5) is 12.7. The number of hydrogen-bond donors (Lipinski definition) is 2. The van der Waals surface area contributed by atoms with Crippen molar-refractivity contribution >= 4 is 5.95 Å². The molecule has 2 N–H and O–H groups in total. The predicted molar refractivity (Wildman–Crippen MR) is 76.9 cm³/mol. The minimum atomic E-state index is -0.0903. The molecule has 0 saturated heterocycles. The van der Waals surface area contributed by atoms with Crippen molar-refractivity contribution in [1.82, 2.24) is 20.3 Å². The van der Waals surface area contributed by atoms with Crippen molar-refractivity contribution in [2.24, 2.45) is 0 Å². The molecule has 2 aromatic heterocycles. The van der Waals surface area contributed by atoms with Crippen LogP contribution in [0.1, 0.15) is 13.8 Å². The van der Waals surface area contributed by atoms with Gasteiger partial charge in [-0.1, -0.05) is 0 Å². The number of nitrogens with zero attached hydrogens (tertiary/aromatic N) is 3. The third-order valence-electron chi connectivity index (χ3n) is 2.73. The van der Waals surface area contributed by atoms with Crippen LogP contribution < -0.4 is 10.6 Å². The van der Waals surface area contributed by atoms with Crippen molar-refractivity contribution in [3.63, 3.8) is 0 Å². The van der Waals surface area contributed by atoms with Crippen molar-refractivity contribution in [1.29, 1.82) is 0 Å². The SMILES string of the molecule is CNCC(C)(C)Nc1ncc(-c2ccncc2)cn1. The highest BCUT2D eigenvalue weighted by atomic mass is 15.1. The molecule has 0 bridgehead atoms. The van der Waals surface area contributed by atoms with Crippen LogP contribution in [-0.4, -0.2) is 34.1 Å². The third-order valence-corrected chi connectivity index (χ3v) is 2.73. The van der Waals surface area contributed by atoms with Crippen LogP contribution in [0.5, 0.6) is 0 Å². The topological polar surface area (TPSA) is 62.7 Å². The number of nitrogens with one attached hydrogen (secondary N) is 2. The Morgan fingerprint density at radius 2 is 1.68 bits per heavy atom. The summed E-state index contributed by atoms with van der Waals surface area (Å²) in [7, 11) is 1.93. The molecule has 5 heteroatoms. The number of pyridine rings is 1. The van der Waals surface area contributed by atoms with Crippen molar-refractivity contribution in [2.75, 3.05) is 18.9 Å². The van der Waals surface area contributed by atoms with Gasteiger partial charge in [0.1, 0.15) is 0 Å². The van der Waals surface area contributed by atoms with Crippen LogP contribution in [-0.2, 0) is 0 Å². The largest absolute Gasteiger partial charge is 0.348 e. The summed E-state index contributed by atoms with van der Waals surface area (Å²) in [6.07, 6.45) is 7.16. The zero-order valence-electron chi connectivity index (χ0n) is 11.5. The molecule has 0 amide bonds. The van der Waals surface area contributed by atoms with Crippen LogP contribution in [0.3, 0.4) is 0 Å². The molecule has 2 rings (SSSR count). The zero-order valence-corrected chi connectivity index (χ0v) is 11.5. The Bertz CT molecular complexity index is 507. The van der Waals surface area contributed by atoms with E-state index in [4.69, 9.17) is 0 Å². The number of aromatic nitrogens is 3. The van der Waals surface area contributed by atoms with E-state index in [1.807, 2.05) is 31.6 Å². The Morgan fingerprint density at radius 1 is 1.05 bits per heavy atom. The van der Waals surface area contributed by atoms with Gasteiger partial charge in [-0.3, -0.25) is 4.98 Å². The first-order valence-electron chi connectivity index (χ1n) is 6.26. The molecule has 5 nitrogen and oxygen atoms in total. The van der Waals surface area contributed by atoms with E-state index < -0.39 is 0 Å². The standard InChI is InChI=1S/C14H19N5/c1-14(2,10-15-3)19-13-17-8-12(9-18-13)11-4-6-16-7-5-11/h4-9,15H,10H2,1-3H3,(H,17,18,19). The van der Waals surface area contributed by atoms with E-state index >= 15 is 0 Å². The van der Waals surface area contributed by atoms with E-state index in [9.17, 15) is 0 Å². The van der Waals surface area contributed by atoms with E-state index in [1.54, 1.807) is 12.4 Å². The zero-order chi connectivity index (χ0) is 13.7. The highest BCUT2D eigenvalue weighted by molar-refractivity contribution is 5.61. The van der Waals surface area contributed by atoms with Gasteiger partial charge in [-0.25, -0.2) is 9.97 Å². The van der Waals surface area contributed by atoms with Crippen molar-refractivity contribution in [2.45, 2.75) is 19.4 Å². The summed E-state index contributed by atoms with van der Waals surface area (Å²) in [5.74, 6) is 0.637. The van der Waals surface area contributed by atoms with Gasteiger partial charge in [0, 0.05) is 42.4 Å². The first-order valence-corrected chi connectivity index (χ1v) is 6.26. The second-order valence-corrected chi connectivity index (χ2v) is 5.07. The molecule has 0 aromatic carbocycles. The van der Waals surface area contributed by atoms with E-state index in [1.165, 1.54) is 0 Å². The Morgan fingerprint density at radius 3 is 2.26 bits per heavy atom. The van der Waals surface area contributed by atoms with Gasteiger partial charge in [-0.2, -0.15) is 0 Å². The first-order chi connectivity index (χ1) is 9.11. The molecule has 2 heterocycles. The molecule has 19 heavy (non-hydrogen) atoms. The molecule has 0 aliphatic heterocycles. The minimum absolute atomic E-state index is 0.0903. The van der Waals surface area contributed by atoms with Crippen LogP contribution >= 0.6 is 0 Å². The molecule has 0 radical (unpaired) electrons. The Hall–Kier alpha value is -2.01. The summed E-state index contributed by atoms with van der Waals surface area (Å²) < 4.78 is 0. The molecule has 0 fully saturated rings. The summed E-state index contributed by atoms with van der Waals surface area (Å²) in [5.41, 5.74) is 1.96. The van der Waals surface area contributed by atoms with Crippen molar-refractivity contribution < 1.29 is 0 Å². The van der Waals surface area contributed by atoms with E-state index in [0.717, 1.165) is 17.7 Å². The fourth-order valence-corrected chi connectivity index (χ4v) is 1.87. The quantitative estimate of drug-likeness (QED) is 0.857. The third kappa shape index (κ3) is 3.72. The van der Waals surface area contributed by atoms with Gasteiger partial charge in [0.05, 0.1) is 0 Å². The lowest BCUT2D eigenvalue weighted by Gasteiger charge is -2.25. The lowest BCUT2D eigenvalue weighted by molar-refractivity contribution is 0.526. The molecule has 0 aliphatic rings. The molecular formula is C14H19N5. The van der Waals surface area contributed by atoms with Gasteiger partial charge >= 0.3 is 0 Å². The van der Waals surface area contributed by atoms with E-state index in [0.29, 0.717) is 5.95 Å². The average Bonchev–Trinajstić information content (AvgIpc) is 2.40. The maximum absolute atomic E-state index is 4.35. The van der Waals surface area contributed by atoms with Crippen LogP contribution in [0.4, 0.5) is 5.95 Å². The lowest BCUT2D eigenvalue weighted by atomic mass is 10.1. The highest BCUT2D eigenvalue weighted by Gasteiger charge is 2.17.